The van der Waals surface area contributed by atoms with Gasteiger partial charge in [-0.15, -0.1) is 0 Å². The number of ether oxygens (including phenoxy) is 2. The first-order chi connectivity index (χ1) is 21.8. The van der Waals surface area contributed by atoms with E-state index in [-0.39, 0.29) is 77.5 Å². The summed E-state index contributed by atoms with van der Waals surface area (Å²) in [6.07, 6.45) is -0.705. The van der Waals surface area contributed by atoms with Crippen molar-refractivity contribution in [3.05, 3.63) is 0 Å². The van der Waals surface area contributed by atoms with Crippen LogP contribution >= 0.6 is 8.53 Å². The van der Waals surface area contributed by atoms with Crippen molar-refractivity contribution in [2.24, 2.45) is 0 Å². The van der Waals surface area contributed by atoms with Crippen molar-refractivity contribution >= 4 is 44.1 Å². The van der Waals surface area contributed by atoms with E-state index >= 15 is 0 Å². The number of amides is 4. The fourth-order valence-corrected chi connectivity index (χ4v) is 5.26. The molecule has 0 aliphatic rings. The predicted molar refractivity (Wildman–Crippen MR) is 160 cm³/mol. The molecule has 19 heteroatoms. The third-order valence-corrected chi connectivity index (χ3v) is 7.85. The SMILES string of the molecule is [3H]OCC(CNC(=O)C(=O)NCCN(CCNC(=O)C(=O)OC)CCNC(=O)C(=O)OC)OP(OCCC#N)N(C(C)C)C(C)C. The van der Waals surface area contributed by atoms with Crippen LogP contribution in [0.5, 0.6) is 0 Å². The van der Waals surface area contributed by atoms with Gasteiger partial charge >= 0.3 is 35.6 Å². The van der Waals surface area contributed by atoms with Crippen LogP contribution in [0.1, 0.15) is 34.1 Å². The number of hydrogen-bond acceptors (Lipinski definition) is 14. The van der Waals surface area contributed by atoms with E-state index in [1.165, 1.54) is 0 Å². The Balaban J connectivity index is 5.14. The lowest BCUT2D eigenvalue weighted by atomic mass is 10.3. The zero-order valence-electron chi connectivity index (χ0n) is 27.6. The normalized spacial score (nSPS) is 12.6. The lowest BCUT2D eigenvalue weighted by Gasteiger charge is -2.37. The van der Waals surface area contributed by atoms with Crippen molar-refractivity contribution in [1.29, 1.82) is 6.69 Å². The Morgan fingerprint density at radius 3 is 1.71 bits per heavy atom. The van der Waals surface area contributed by atoms with Gasteiger partial charge in [0, 0.05) is 57.9 Å². The molecular weight excluding hydrogens is 617 g/mol. The van der Waals surface area contributed by atoms with Crippen molar-refractivity contribution in [3.8, 4) is 6.07 Å². The monoisotopic (exact) mass is 665 g/mol. The number of hydrogen-bond donors (Lipinski definition) is 5. The van der Waals surface area contributed by atoms with Crippen molar-refractivity contribution in [2.75, 3.05) is 73.2 Å². The molecule has 0 saturated heterocycles. The number of carbonyl (C=O) groups is 6. The van der Waals surface area contributed by atoms with E-state index in [9.17, 15) is 28.8 Å². The van der Waals surface area contributed by atoms with E-state index in [2.05, 4.69) is 35.8 Å². The topological polar surface area (TPSA) is 238 Å². The summed E-state index contributed by atoms with van der Waals surface area (Å²) in [6, 6.07) is 2.03. The van der Waals surface area contributed by atoms with Crippen molar-refractivity contribution in [2.45, 2.75) is 52.3 Å². The number of nitrogens with one attached hydrogen (secondary N) is 4. The molecule has 256 valence electrons. The molecule has 0 rings (SSSR count). The van der Waals surface area contributed by atoms with Crippen LogP contribution in [-0.2, 0) is 47.3 Å². The van der Waals surface area contributed by atoms with Gasteiger partial charge in [0.15, 0.2) is 0 Å². The summed E-state index contributed by atoms with van der Waals surface area (Å²) in [7, 11) is 0.423. The average molecular weight is 666 g/mol. The molecule has 4 amide bonds. The second-order valence-electron chi connectivity index (χ2n) is 9.74. The minimum atomic E-state index is -1.70. The lowest BCUT2D eigenvalue weighted by Crippen LogP contribution is -2.47. The molecule has 0 bridgehead atoms. The van der Waals surface area contributed by atoms with Gasteiger partial charge in [-0.25, -0.2) is 14.3 Å². The summed E-state index contributed by atoms with van der Waals surface area (Å²) < 4.78 is 29.7. The van der Waals surface area contributed by atoms with Crippen LogP contribution in [0.3, 0.4) is 0 Å². The summed E-state index contributed by atoms with van der Waals surface area (Å²) in [6.45, 7) is 8.02. The molecule has 0 fully saturated rings. The largest absolute Gasteiger partial charge is 0.462 e. The number of esters is 2. The minimum Gasteiger partial charge on any atom is -0.462 e. The van der Waals surface area contributed by atoms with E-state index in [4.69, 9.17) is 15.7 Å². The number of rotatable bonds is 21. The molecule has 18 nitrogen and oxygen atoms in total. The Morgan fingerprint density at radius 1 is 0.822 bits per heavy atom. The van der Waals surface area contributed by atoms with E-state index < -0.39 is 50.2 Å². The van der Waals surface area contributed by atoms with E-state index in [0.29, 0.717) is 0 Å². The third kappa shape index (κ3) is 17.6. The lowest BCUT2D eigenvalue weighted by molar-refractivity contribution is -0.152. The highest BCUT2D eigenvalue weighted by atomic mass is 31.2. The molecule has 0 aromatic rings. The molecule has 0 radical (unpaired) electrons. The molecule has 0 aromatic heterocycles. The number of carbonyl (C=O) groups excluding carboxylic acids is 6. The molecule has 0 heterocycles. The van der Waals surface area contributed by atoms with Crippen LogP contribution in [0.2, 0.25) is 0 Å². The van der Waals surface area contributed by atoms with Crippen LogP contribution < -0.4 is 21.3 Å². The maximum Gasteiger partial charge on any atom is 0.396 e. The molecule has 0 spiro atoms. The van der Waals surface area contributed by atoms with Crippen LogP contribution in [0.4, 0.5) is 0 Å². The smallest absolute Gasteiger partial charge is 0.396 e. The Hall–Kier alpha value is -3.46. The van der Waals surface area contributed by atoms with Crippen molar-refractivity contribution < 1.29 is 52.4 Å². The van der Waals surface area contributed by atoms with E-state index in [0.717, 1.165) is 14.2 Å². The summed E-state index contributed by atoms with van der Waals surface area (Å²) in [5.74, 6) is -5.98. The zero-order valence-corrected chi connectivity index (χ0v) is 27.5. The highest BCUT2D eigenvalue weighted by Crippen LogP contribution is 2.46. The Kier molecular flexibility index (Phi) is 21.0. The Morgan fingerprint density at radius 2 is 1.29 bits per heavy atom. The molecule has 0 saturated carbocycles. The van der Waals surface area contributed by atoms with Crippen LogP contribution in [0.15, 0.2) is 0 Å². The molecule has 2 atom stereocenters. The predicted octanol–water partition coefficient (Wildman–Crippen LogP) is -2.25. The molecule has 45 heavy (non-hydrogen) atoms. The standard InChI is InChI=1S/C26H46N7O11P/c1-18(2)33(19(3)4)45(43-15-7-8-27)44-20(17-34)16-31-22(36)21(35)28-9-12-32(13-10-29-23(37)25(39)41-5)14-11-30-24(38)26(40)42-6/h18-20,34H,7,9-17H2,1-6H3,(H,28,35)(H,29,37)(H,30,38)(H,31,36)/i34T. The summed E-state index contributed by atoms with van der Waals surface area (Å²) in [5, 5.41) is 23.0. The fourth-order valence-electron chi connectivity index (χ4n) is 3.56. The van der Waals surface area contributed by atoms with Crippen molar-refractivity contribution in [3.63, 3.8) is 0 Å². The van der Waals surface area contributed by atoms with Gasteiger partial charge in [-0.1, -0.05) is 0 Å². The highest BCUT2D eigenvalue weighted by Gasteiger charge is 2.30. The molecule has 5 N–H and O–H groups in total. The number of methoxy groups -OCH3 is 2. The number of aliphatic hydroxyl groups is 1. The quantitative estimate of drug-likeness (QED) is 0.0377. The van der Waals surface area contributed by atoms with Crippen LogP contribution in [0.25, 0.3) is 0 Å². The van der Waals surface area contributed by atoms with Gasteiger partial charge < -0.3 is 44.9 Å². The van der Waals surface area contributed by atoms with Gasteiger partial charge in [0.05, 0.1) is 39.9 Å². The molecule has 0 aliphatic carbocycles. The second-order valence-corrected chi connectivity index (χ2v) is 11.1. The van der Waals surface area contributed by atoms with Gasteiger partial charge in [0.25, 0.3) is 8.53 Å². The van der Waals surface area contributed by atoms with E-state index in [1.54, 1.807) is 4.90 Å². The Labute approximate surface area is 265 Å². The number of aliphatic hydroxyl groups excluding tert-OH is 1. The molecule has 2 unspecified atom stereocenters. The minimum absolute atomic E-state index is 0.0129. The van der Waals surface area contributed by atoms with Gasteiger partial charge in [0.1, 0.15) is 6.10 Å². The van der Waals surface area contributed by atoms with Gasteiger partial charge in [-0.2, -0.15) is 5.26 Å². The zero-order chi connectivity index (χ0) is 35.1. The first-order valence-electron chi connectivity index (χ1n) is 14.6. The molecular formula is C26H46N7O11P. The van der Waals surface area contributed by atoms with Crippen LogP contribution in [0, 0.1) is 11.3 Å². The highest BCUT2D eigenvalue weighted by molar-refractivity contribution is 7.44. The first-order valence-corrected chi connectivity index (χ1v) is 15.3. The second kappa shape index (κ2) is 23.9. The number of nitrogens with zero attached hydrogens (tertiary/aromatic N) is 3. The maximum atomic E-state index is 12.5. The summed E-state index contributed by atoms with van der Waals surface area (Å²) >= 11 is 0. The van der Waals surface area contributed by atoms with Gasteiger partial charge in [-0.05, 0) is 27.7 Å². The fraction of sp³-hybridized carbons (Fsp3) is 0.731. The first kappa shape index (κ1) is 39.6. The van der Waals surface area contributed by atoms with Gasteiger partial charge in [0.2, 0.25) is 1.43 Å². The molecule has 0 aliphatic heterocycles. The summed E-state index contributed by atoms with van der Waals surface area (Å²) in [4.78, 5) is 72.6. The van der Waals surface area contributed by atoms with E-state index in [1.807, 2.05) is 38.4 Å². The maximum absolute atomic E-state index is 12.5. The van der Waals surface area contributed by atoms with Crippen molar-refractivity contribution in [1.82, 2.24) is 30.8 Å². The Bertz CT molecular complexity index is 991. The average Bonchev–Trinajstić information content (AvgIpc) is 3.01. The third-order valence-electron chi connectivity index (χ3n) is 5.67. The summed E-state index contributed by atoms with van der Waals surface area (Å²) in [5.41, 5.74) is 0. The number of nitriles is 1. The molecule has 0 aromatic carbocycles. The van der Waals surface area contributed by atoms with Gasteiger partial charge in [-0.3, -0.25) is 24.1 Å². The van der Waals surface area contributed by atoms with Crippen LogP contribution in [-0.4, -0.2) is 143 Å².